The summed E-state index contributed by atoms with van der Waals surface area (Å²) in [6.45, 7) is 0. The molecule has 0 bridgehead atoms. The van der Waals surface area contributed by atoms with Crippen molar-refractivity contribution in [1.82, 2.24) is 24.1 Å². The molecule has 0 atom stereocenters. The molecule has 14 aromatic carbocycles. The second kappa shape index (κ2) is 24.6. The van der Waals surface area contributed by atoms with Crippen LogP contribution in [0.25, 0.3) is 167 Å². The van der Waals surface area contributed by atoms with Crippen LogP contribution in [0.3, 0.4) is 0 Å². The van der Waals surface area contributed by atoms with Crippen molar-refractivity contribution in [2.75, 3.05) is 0 Å². The summed E-state index contributed by atoms with van der Waals surface area (Å²) in [5, 5.41) is 35.7. The molecule has 3 heterocycles. The van der Waals surface area contributed by atoms with E-state index in [2.05, 4.69) is 234 Å². The zero-order valence-electron chi connectivity index (χ0n) is 52.8. The molecular formula is C90H54N8. The smallest absolute Gasteiger partial charge is 0.164 e. The molecule has 0 unspecified atom stereocenters. The van der Waals surface area contributed by atoms with Crippen LogP contribution in [-0.4, -0.2) is 24.1 Å². The second-order valence-electron chi connectivity index (χ2n) is 24.5. The lowest BCUT2D eigenvalue weighted by Crippen LogP contribution is -2.04. The third-order valence-electron chi connectivity index (χ3n) is 18.7. The van der Waals surface area contributed by atoms with E-state index in [0.717, 1.165) is 133 Å². The first-order valence-corrected chi connectivity index (χ1v) is 32.5. The minimum atomic E-state index is 0.381. The first-order valence-electron chi connectivity index (χ1n) is 32.5. The Kier molecular flexibility index (Phi) is 14.5. The van der Waals surface area contributed by atoms with E-state index in [9.17, 15) is 15.8 Å². The minimum Gasteiger partial charge on any atom is -0.309 e. The topological polar surface area (TPSA) is 120 Å². The fourth-order valence-corrected chi connectivity index (χ4v) is 14.0. The molecule has 0 amide bonds. The fraction of sp³-hybridized carbons (Fsp3) is 0. The summed E-state index contributed by atoms with van der Waals surface area (Å²) in [6.07, 6.45) is 0. The molecule has 17 rings (SSSR count). The molecule has 17 aromatic rings. The SMILES string of the molecule is N#Cc1cccc(-c2ccc(-n3c4ccc(-c5ccccc5)cc4c4cc(-c5ccccc5)ccc43)cc2-c2nc(-c3cccc(-c4ccccc4C#N)c3)nc(-c3cc(-n4c5ccc(-c6ccccc6)cc5c5cc(-c6ccccc6)ccc54)ccc3-c3cccc(C#N)c3)n2)c1. The molecule has 454 valence electrons. The van der Waals surface area contributed by atoms with Crippen LogP contribution in [0, 0.1) is 34.0 Å². The van der Waals surface area contributed by atoms with Gasteiger partial charge in [-0.2, -0.15) is 15.8 Å². The molecule has 0 fully saturated rings. The molecule has 0 aliphatic heterocycles. The molecule has 0 spiro atoms. The van der Waals surface area contributed by atoms with Crippen LogP contribution in [0.15, 0.2) is 328 Å². The highest BCUT2D eigenvalue weighted by Gasteiger charge is 2.24. The molecule has 0 aliphatic carbocycles. The van der Waals surface area contributed by atoms with Crippen LogP contribution in [0.1, 0.15) is 16.7 Å². The first kappa shape index (κ1) is 58.0. The van der Waals surface area contributed by atoms with E-state index in [1.165, 1.54) is 0 Å². The lowest BCUT2D eigenvalue weighted by Gasteiger charge is -2.18. The van der Waals surface area contributed by atoms with Crippen molar-refractivity contribution in [3.05, 3.63) is 344 Å². The number of hydrogen-bond donors (Lipinski definition) is 0. The van der Waals surface area contributed by atoms with Crippen molar-refractivity contribution in [2.45, 2.75) is 0 Å². The summed E-state index contributed by atoms with van der Waals surface area (Å²) in [5.41, 5.74) is 23.2. The van der Waals surface area contributed by atoms with Crippen LogP contribution in [0.2, 0.25) is 0 Å². The van der Waals surface area contributed by atoms with E-state index in [1.54, 1.807) is 0 Å². The Morgan fingerprint density at radius 1 is 0.214 bits per heavy atom. The quantitative estimate of drug-likeness (QED) is 0.120. The Hall–Kier alpha value is -13.8. The van der Waals surface area contributed by atoms with E-state index in [-0.39, 0.29) is 0 Å². The van der Waals surface area contributed by atoms with E-state index in [4.69, 9.17) is 15.0 Å². The zero-order valence-corrected chi connectivity index (χ0v) is 52.8. The number of nitriles is 3. The lowest BCUT2D eigenvalue weighted by molar-refractivity contribution is 1.07. The van der Waals surface area contributed by atoms with Gasteiger partial charge in [-0.25, -0.2) is 15.0 Å². The van der Waals surface area contributed by atoms with Gasteiger partial charge in [0.15, 0.2) is 17.5 Å². The number of hydrogen-bond acceptors (Lipinski definition) is 6. The fourth-order valence-electron chi connectivity index (χ4n) is 14.0. The van der Waals surface area contributed by atoms with Gasteiger partial charge in [0.2, 0.25) is 0 Å². The van der Waals surface area contributed by atoms with Crippen LogP contribution in [0.5, 0.6) is 0 Å². The maximum absolute atomic E-state index is 10.5. The Morgan fingerprint density at radius 2 is 0.551 bits per heavy atom. The molecule has 8 heteroatoms. The minimum absolute atomic E-state index is 0.381. The van der Waals surface area contributed by atoms with Crippen LogP contribution >= 0.6 is 0 Å². The molecule has 3 aromatic heterocycles. The predicted molar refractivity (Wildman–Crippen MR) is 397 cm³/mol. The number of benzene rings is 14. The second-order valence-corrected chi connectivity index (χ2v) is 24.5. The van der Waals surface area contributed by atoms with Gasteiger partial charge in [-0.3, -0.25) is 0 Å². The van der Waals surface area contributed by atoms with Crippen LogP contribution in [-0.2, 0) is 0 Å². The highest BCUT2D eigenvalue weighted by atomic mass is 15.0. The number of rotatable bonds is 12. The van der Waals surface area contributed by atoms with Crippen LogP contribution < -0.4 is 0 Å². The van der Waals surface area contributed by atoms with Crippen molar-refractivity contribution < 1.29 is 0 Å². The molecule has 0 saturated carbocycles. The van der Waals surface area contributed by atoms with Crippen molar-refractivity contribution in [2.24, 2.45) is 0 Å². The first-order chi connectivity index (χ1) is 48.4. The summed E-state index contributed by atoms with van der Waals surface area (Å²) < 4.78 is 4.65. The van der Waals surface area contributed by atoms with Crippen molar-refractivity contribution in [3.8, 4) is 142 Å². The summed E-state index contributed by atoms with van der Waals surface area (Å²) in [7, 11) is 0. The van der Waals surface area contributed by atoms with Gasteiger partial charge >= 0.3 is 0 Å². The standard InChI is InChI=1S/C90H54N8/c91-55-58-18-15-29-68(46-58)76-40-38-73(97-84-42-34-64(60-20-5-1-6-21-60)49-78(84)79-50-65(35-43-85(79)97)61-22-7-2-8-23-61)53-82(76)89-94-88(71-32-17-31-70(48-71)75-33-14-13-28-72(75)57-93)95-90(96-89)83-54-74(39-41-77(83)69-30-16-19-59(47-69)56-92)98-86-44-36-66(62-24-9-3-10-25-62)51-80(86)81-52-67(37-45-87(81)98)63-26-11-4-12-27-63/h1-54H. The van der Waals surface area contributed by atoms with Crippen LogP contribution in [0.4, 0.5) is 0 Å². The molecular weight excluding hydrogens is 1190 g/mol. The van der Waals surface area contributed by atoms with E-state index >= 15 is 0 Å². The lowest BCUT2D eigenvalue weighted by atomic mass is 9.95. The number of fused-ring (bicyclic) bond motifs is 6. The van der Waals surface area contributed by atoms with Gasteiger partial charge in [0.25, 0.3) is 0 Å². The average Bonchev–Trinajstić information content (AvgIpc) is 1.56. The number of aromatic nitrogens is 5. The molecule has 98 heavy (non-hydrogen) atoms. The van der Waals surface area contributed by atoms with Crippen molar-refractivity contribution >= 4 is 43.6 Å². The third-order valence-corrected chi connectivity index (χ3v) is 18.7. The van der Waals surface area contributed by atoms with Gasteiger partial charge < -0.3 is 9.13 Å². The van der Waals surface area contributed by atoms with Crippen molar-refractivity contribution in [1.29, 1.82) is 15.8 Å². The Balaban J connectivity index is 0.942. The molecule has 8 nitrogen and oxygen atoms in total. The maximum Gasteiger partial charge on any atom is 0.164 e. The monoisotopic (exact) mass is 1250 g/mol. The van der Waals surface area contributed by atoms with Gasteiger partial charge in [0, 0.05) is 49.6 Å². The Bertz CT molecular complexity index is 5630. The predicted octanol–water partition coefficient (Wildman–Crippen LogP) is 22.4. The van der Waals surface area contributed by atoms with Gasteiger partial charge in [0.1, 0.15) is 0 Å². The van der Waals surface area contributed by atoms with Crippen molar-refractivity contribution in [3.63, 3.8) is 0 Å². The maximum atomic E-state index is 10.5. The summed E-state index contributed by atoms with van der Waals surface area (Å²) >= 11 is 0. The van der Waals surface area contributed by atoms with E-state index in [0.29, 0.717) is 50.9 Å². The van der Waals surface area contributed by atoms with Gasteiger partial charge in [0.05, 0.1) is 57.0 Å². The number of nitrogens with zero attached hydrogens (tertiary/aromatic N) is 8. The van der Waals surface area contributed by atoms with Gasteiger partial charge in [-0.15, -0.1) is 0 Å². The normalized spacial score (nSPS) is 11.2. The molecule has 0 aliphatic rings. The largest absolute Gasteiger partial charge is 0.309 e. The highest BCUT2D eigenvalue weighted by molar-refractivity contribution is 6.13. The molecule has 0 radical (unpaired) electrons. The molecule has 0 N–H and O–H groups in total. The third kappa shape index (κ3) is 10.5. The average molecular weight is 1250 g/mol. The van der Waals surface area contributed by atoms with E-state index in [1.807, 2.05) is 121 Å². The highest BCUT2D eigenvalue weighted by Crippen LogP contribution is 2.44. The summed E-state index contributed by atoms with van der Waals surface area (Å²) in [5.74, 6) is 1.15. The molecule has 0 saturated heterocycles. The van der Waals surface area contributed by atoms with Gasteiger partial charge in [-0.05, 0) is 187 Å². The Labute approximate surface area is 566 Å². The van der Waals surface area contributed by atoms with E-state index < -0.39 is 0 Å². The Morgan fingerprint density at radius 3 is 0.939 bits per heavy atom. The van der Waals surface area contributed by atoms with Gasteiger partial charge in [-0.1, -0.05) is 218 Å². The summed E-state index contributed by atoms with van der Waals surface area (Å²) in [4.78, 5) is 16.9. The zero-order chi connectivity index (χ0) is 65.6. The summed E-state index contributed by atoms with van der Waals surface area (Å²) in [6, 6.07) is 120.